The number of nitrogens with zero attached hydrogens (tertiary/aromatic N) is 2. The van der Waals surface area contributed by atoms with Crippen molar-refractivity contribution in [2.75, 3.05) is 6.61 Å². The molecular formula is C25H32BClF2N2O3Si. The van der Waals surface area contributed by atoms with Crippen LogP contribution in [-0.4, -0.2) is 42.6 Å². The zero-order chi connectivity index (χ0) is 25.8. The van der Waals surface area contributed by atoms with Gasteiger partial charge in [-0.05, 0) is 51.9 Å². The van der Waals surface area contributed by atoms with Gasteiger partial charge in [0.2, 0.25) is 0 Å². The molecule has 0 atom stereocenters. The molecule has 0 amide bonds. The average Bonchev–Trinajstić information content (AvgIpc) is 3.20. The smallest absolute Gasteiger partial charge is 0.399 e. The summed E-state index contributed by atoms with van der Waals surface area (Å²) in [6.07, 6.45) is 3.33. The molecule has 10 heteroatoms. The first-order valence-electron chi connectivity index (χ1n) is 11.8. The van der Waals surface area contributed by atoms with Crippen LogP contribution in [0.1, 0.15) is 27.7 Å². The number of rotatable bonds is 7. The van der Waals surface area contributed by atoms with Crippen LogP contribution in [0.4, 0.5) is 8.78 Å². The second-order valence-corrected chi connectivity index (χ2v) is 17.3. The normalized spacial score (nSPS) is 17.5. The molecule has 1 fully saturated rings. The Morgan fingerprint density at radius 3 is 2.37 bits per heavy atom. The SMILES string of the molecule is CC1(C)OB(c2cnc3c(c(-c4cc(F)ccc4F)cn3COCC[Si](C)(C)C)c2Cl)OC1(C)C. The summed E-state index contributed by atoms with van der Waals surface area (Å²) in [5.74, 6) is -1.10. The van der Waals surface area contributed by atoms with Crippen molar-refractivity contribution in [3.63, 3.8) is 0 Å². The zero-order valence-electron chi connectivity index (χ0n) is 21.3. The van der Waals surface area contributed by atoms with Gasteiger partial charge in [-0.2, -0.15) is 0 Å². The summed E-state index contributed by atoms with van der Waals surface area (Å²) in [5.41, 5.74) is 0.454. The van der Waals surface area contributed by atoms with Gasteiger partial charge in [-0.15, -0.1) is 0 Å². The summed E-state index contributed by atoms with van der Waals surface area (Å²) < 4.78 is 49.0. The van der Waals surface area contributed by atoms with E-state index in [9.17, 15) is 8.78 Å². The van der Waals surface area contributed by atoms with Gasteiger partial charge in [-0.25, -0.2) is 13.8 Å². The second kappa shape index (κ2) is 9.27. The highest BCUT2D eigenvalue weighted by Crippen LogP contribution is 2.39. The van der Waals surface area contributed by atoms with Crippen LogP contribution in [0.15, 0.2) is 30.6 Å². The fourth-order valence-corrected chi connectivity index (χ4v) is 5.00. The standard InChI is InChI=1S/C25H32BClF2N2O3Si/c1-24(2)25(3,4)34-26(33-24)19-13-30-23-21(22(19)27)18(17-12-16(28)8-9-20(17)29)14-31(23)15-32-10-11-35(5,6)7/h8-9,12-14H,10-11,15H2,1-7H3. The van der Waals surface area contributed by atoms with Crippen LogP contribution in [-0.2, 0) is 20.8 Å². The molecule has 0 aliphatic carbocycles. The Morgan fingerprint density at radius 2 is 1.74 bits per heavy atom. The van der Waals surface area contributed by atoms with E-state index in [0.717, 1.165) is 24.2 Å². The number of benzene rings is 1. The number of ether oxygens (including phenoxy) is 1. The third kappa shape index (κ3) is 5.20. The number of pyridine rings is 1. The summed E-state index contributed by atoms with van der Waals surface area (Å²) in [6, 6.07) is 4.38. The molecule has 0 bridgehead atoms. The summed E-state index contributed by atoms with van der Waals surface area (Å²) in [5, 5.41) is 0.824. The summed E-state index contributed by atoms with van der Waals surface area (Å²) >= 11 is 6.92. The van der Waals surface area contributed by atoms with Gasteiger partial charge >= 0.3 is 7.12 Å². The molecule has 0 spiro atoms. The number of fused-ring (bicyclic) bond motifs is 1. The van der Waals surface area contributed by atoms with Gasteiger partial charge in [0.15, 0.2) is 0 Å². The topological polar surface area (TPSA) is 45.5 Å². The van der Waals surface area contributed by atoms with Crippen LogP contribution in [0.25, 0.3) is 22.2 Å². The van der Waals surface area contributed by atoms with Gasteiger partial charge in [0.05, 0.1) is 16.2 Å². The minimum atomic E-state index is -1.26. The first-order chi connectivity index (χ1) is 16.2. The number of hydrogen-bond acceptors (Lipinski definition) is 4. The van der Waals surface area contributed by atoms with Crippen LogP contribution < -0.4 is 5.46 Å². The molecule has 1 aliphatic heterocycles. The van der Waals surface area contributed by atoms with Gasteiger partial charge in [0, 0.05) is 49.1 Å². The van der Waals surface area contributed by atoms with Crippen molar-refractivity contribution in [1.29, 1.82) is 0 Å². The van der Waals surface area contributed by atoms with Crippen molar-refractivity contribution in [1.82, 2.24) is 9.55 Å². The molecule has 4 rings (SSSR count). The molecule has 35 heavy (non-hydrogen) atoms. The highest BCUT2D eigenvalue weighted by atomic mass is 35.5. The van der Waals surface area contributed by atoms with Gasteiger partial charge in [-0.1, -0.05) is 31.2 Å². The maximum Gasteiger partial charge on any atom is 0.497 e. The van der Waals surface area contributed by atoms with Crippen molar-refractivity contribution >= 4 is 43.3 Å². The van der Waals surface area contributed by atoms with Gasteiger partial charge < -0.3 is 18.6 Å². The maximum atomic E-state index is 14.9. The fraction of sp³-hybridized carbons (Fsp3) is 0.480. The molecule has 3 aromatic rings. The first kappa shape index (κ1) is 26.3. The van der Waals surface area contributed by atoms with E-state index < -0.39 is 38.0 Å². The third-order valence-corrected chi connectivity index (χ3v) is 8.91. The lowest BCUT2D eigenvalue weighted by Crippen LogP contribution is -2.41. The van der Waals surface area contributed by atoms with Crippen molar-refractivity contribution in [3.8, 4) is 11.1 Å². The highest BCUT2D eigenvalue weighted by molar-refractivity contribution is 6.76. The largest absolute Gasteiger partial charge is 0.497 e. The second-order valence-electron chi connectivity index (χ2n) is 11.3. The van der Waals surface area contributed by atoms with Gasteiger partial charge in [-0.3, -0.25) is 0 Å². The molecule has 1 aromatic carbocycles. The molecule has 0 unspecified atom stereocenters. The quantitative estimate of drug-likeness (QED) is 0.273. The van der Waals surface area contributed by atoms with Crippen molar-refractivity contribution in [2.45, 2.75) is 71.3 Å². The van der Waals surface area contributed by atoms with Crippen molar-refractivity contribution in [2.24, 2.45) is 0 Å². The molecule has 188 valence electrons. The monoisotopic (exact) mass is 520 g/mol. The van der Waals surface area contributed by atoms with E-state index in [1.165, 1.54) is 0 Å². The lowest BCUT2D eigenvalue weighted by atomic mass is 9.79. The van der Waals surface area contributed by atoms with Crippen LogP contribution in [0.2, 0.25) is 30.7 Å². The van der Waals surface area contributed by atoms with E-state index >= 15 is 0 Å². The zero-order valence-corrected chi connectivity index (χ0v) is 23.1. The average molecular weight is 521 g/mol. The van der Waals surface area contributed by atoms with Gasteiger partial charge in [0.25, 0.3) is 0 Å². The number of aromatic nitrogens is 2. The minimum absolute atomic E-state index is 0.102. The number of halogens is 3. The molecule has 2 aromatic heterocycles. The maximum absolute atomic E-state index is 14.9. The molecule has 1 saturated heterocycles. The predicted octanol–water partition coefficient (Wildman–Crippen LogP) is 6.25. The summed E-state index contributed by atoms with van der Waals surface area (Å²) in [6.45, 7) is 15.5. The van der Waals surface area contributed by atoms with Crippen molar-refractivity contribution < 1.29 is 22.8 Å². The molecule has 3 heterocycles. The Balaban J connectivity index is 1.80. The summed E-state index contributed by atoms with van der Waals surface area (Å²) in [4.78, 5) is 4.64. The first-order valence-corrected chi connectivity index (χ1v) is 15.8. The Morgan fingerprint density at radius 1 is 1.09 bits per heavy atom. The number of hydrogen-bond donors (Lipinski definition) is 0. The Kier molecular flexibility index (Phi) is 6.96. The lowest BCUT2D eigenvalue weighted by Gasteiger charge is -2.32. The van der Waals surface area contributed by atoms with Crippen molar-refractivity contribution in [3.05, 3.63) is 47.2 Å². The van der Waals surface area contributed by atoms with E-state index in [1.807, 2.05) is 27.7 Å². The Labute approximate surface area is 211 Å². The molecule has 0 N–H and O–H groups in total. The van der Waals surface area contributed by atoms with E-state index in [4.69, 9.17) is 25.6 Å². The van der Waals surface area contributed by atoms with Gasteiger partial charge in [0.1, 0.15) is 24.0 Å². The van der Waals surface area contributed by atoms with E-state index in [-0.39, 0.29) is 12.3 Å². The van der Waals surface area contributed by atoms with Crippen LogP contribution in [0.3, 0.4) is 0 Å². The lowest BCUT2D eigenvalue weighted by molar-refractivity contribution is 0.00578. The predicted molar refractivity (Wildman–Crippen MR) is 140 cm³/mol. The third-order valence-electron chi connectivity index (χ3n) is 6.80. The van der Waals surface area contributed by atoms with Crippen LogP contribution >= 0.6 is 11.6 Å². The minimum Gasteiger partial charge on any atom is -0.399 e. The van der Waals surface area contributed by atoms with E-state index in [0.29, 0.717) is 33.7 Å². The fourth-order valence-electron chi connectivity index (χ4n) is 3.91. The summed E-state index contributed by atoms with van der Waals surface area (Å²) in [7, 11) is -2.00. The van der Waals surface area contributed by atoms with E-state index in [1.54, 1.807) is 17.0 Å². The van der Waals surface area contributed by atoms with E-state index in [2.05, 4.69) is 24.6 Å². The van der Waals surface area contributed by atoms with Crippen LogP contribution in [0.5, 0.6) is 0 Å². The molecule has 0 saturated carbocycles. The Hall–Kier alpha value is -1.78. The Bertz CT molecular complexity index is 1240. The molecule has 0 radical (unpaired) electrons. The molecule has 1 aliphatic rings. The highest BCUT2D eigenvalue weighted by Gasteiger charge is 2.52. The molecule has 5 nitrogen and oxygen atoms in total. The van der Waals surface area contributed by atoms with Crippen LogP contribution in [0, 0.1) is 11.6 Å². The molecular weight excluding hydrogens is 489 g/mol.